The molecule has 1 aliphatic rings. The summed E-state index contributed by atoms with van der Waals surface area (Å²) in [6.07, 6.45) is 2.18. The molecule has 1 N–H and O–H groups in total. The summed E-state index contributed by atoms with van der Waals surface area (Å²) in [7, 11) is 1.65. The summed E-state index contributed by atoms with van der Waals surface area (Å²) in [4.78, 5) is 2.37. The molecule has 1 aliphatic heterocycles. The van der Waals surface area contributed by atoms with Crippen molar-refractivity contribution < 1.29 is 9.13 Å². The lowest BCUT2D eigenvalue weighted by atomic mass is 9.92. The molecule has 0 aliphatic carbocycles. The van der Waals surface area contributed by atoms with Crippen molar-refractivity contribution in [3.05, 3.63) is 29.1 Å². The van der Waals surface area contributed by atoms with Crippen molar-refractivity contribution in [2.45, 2.75) is 65.3 Å². The predicted molar refractivity (Wildman–Crippen MR) is 90.0 cm³/mol. The number of nitrogens with zero attached hydrogens (tertiary/aromatic N) is 1. The summed E-state index contributed by atoms with van der Waals surface area (Å²) in [5.41, 5.74) is 3.08. The largest absolute Gasteiger partial charge is 0.380 e. The lowest BCUT2D eigenvalue weighted by Gasteiger charge is -2.41. The lowest BCUT2D eigenvalue weighted by molar-refractivity contribution is 0.184. The van der Waals surface area contributed by atoms with Crippen molar-refractivity contribution in [2.75, 3.05) is 18.6 Å². The molecule has 0 radical (unpaired) electrons. The van der Waals surface area contributed by atoms with Gasteiger partial charge in [0.25, 0.3) is 0 Å². The van der Waals surface area contributed by atoms with Crippen LogP contribution < -0.4 is 10.2 Å². The van der Waals surface area contributed by atoms with Crippen molar-refractivity contribution in [3.63, 3.8) is 0 Å². The molecule has 1 aromatic carbocycles. The van der Waals surface area contributed by atoms with Gasteiger partial charge in [0.15, 0.2) is 0 Å². The lowest BCUT2D eigenvalue weighted by Crippen LogP contribution is -2.51. The molecule has 2 atom stereocenters. The molecule has 1 saturated heterocycles. The minimum atomic E-state index is -0.180. The SMILES string of the molecule is CCN(c1cc(F)cc(COC)c1C)C1C[C@@H](C)N[C@H](C)C1. The van der Waals surface area contributed by atoms with E-state index < -0.39 is 0 Å². The summed E-state index contributed by atoms with van der Waals surface area (Å²) in [6, 6.07) is 4.71. The monoisotopic (exact) mass is 308 g/mol. The Morgan fingerprint density at radius 1 is 1.27 bits per heavy atom. The van der Waals surface area contributed by atoms with Crippen LogP contribution in [-0.4, -0.2) is 31.8 Å². The number of anilines is 1. The summed E-state index contributed by atoms with van der Waals surface area (Å²) in [5.74, 6) is -0.180. The third-order valence-corrected chi connectivity index (χ3v) is 4.66. The third kappa shape index (κ3) is 3.79. The maximum absolute atomic E-state index is 14.1. The Kier molecular flexibility index (Phi) is 5.81. The fourth-order valence-electron chi connectivity index (χ4n) is 3.74. The zero-order valence-corrected chi connectivity index (χ0v) is 14.4. The smallest absolute Gasteiger partial charge is 0.125 e. The van der Waals surface area contributed by atoms with Crippen LogP contribution >= 0.6 is 0 Å². The van der Waals surface area contributed by atoms with Gasteiger partial charge in [-0.3, -0.25) is 0 Å². The molecule has 124 valence electrons. The van der Waals surface area contributed by atoms with Gasteiger partial charge in [0.05, 0.1) is 6.61 Å². The van der Waals surface area contributed by atoms with Crippen molar-refractivity contribution in [2.24, 2.45) is 0 Å². The topological polar surface area (TPSA) is 24.5 Å². The molecule has 0 spiro atoms. The minimum Gasteiger partial charge on any atom is -0.380 e. The molecule has 1 aromatic rings. The number of hydrogen-bond acceptors (Lipinski definition) is 3. The molecule has 1 fully saturated rings. The van der Waals surface area contributed by atoms with E-state index in [4.69, 9.17) is 4.74 Å². The van der Waals surface area contributed by atoms with Gasteiger partial charge in [0, 0.05) is 37.5 Å². The zero-order valence-electron chi connectivity index (χ0n) is 14.4. The van der Waals surface area contributed by atoms with Crippen LogP contribution in [0.5, 0.6) is 0 Å². The van der Waals surface area contributed by atoms with E-state index in [2.05, 4.69) is 37.9 Å². The molecule has 4 heteroatoms. The van der Waals surface area contributed by atoms with E-state index in [0.29, 0.717) is 24.7 Å². The first-order valence-electron chi connectivity index (χ1n) is 8.26. The van der Waals surface area contributed by atoms with Crippen molar-refractivity contribution in [3.8, 4) is 0 Å². The van der Waals surface area contributed by atoms with E-state index in [0.717, 1.165) is 36.2 Å². The van der Waals surface area contributed by atoms with Crippen LogP contribution in [0.3, 0.4) is 0 Å². The standard InChI is InChI=1S/C18H29FN2O/c1-6-21(17-7-12(2)20-13(3)8-17)18-10-16(19)9-15(11-22-5)14(18)4/h9-10,12-13,17,20H,6-8,11H2,1-5H3/t12-,13-/m1/s1. The van der Waals surface area contributed by atoms with E-state index in [1.165, 1.54) is 0 Å². The third-order valence-electron chi connectivity index (χ3n) is 4.66. The highest BCUT2D eigenvalue weighted by atomic mass is 19.1. The Morgan fingerprint density at radius 3 is 2.45 bits per heavy atom. The second kappa shape index (κ2) is 7.42. The molecule has 0 unspecified atom stereocenters. The Balaban J connectivity index is 2.34. The summed E-state index contributed by atoms with van der Waals surface area (Å²) >= 11 is 0. The molecule has 3 nitrogen and oxygen atoms in total. The number of ether oxygens (including phenoxy) is 1. The van der Waals surface area contributed by atoms with Gasteiger partial charge in [0.2, 0.25) is 0 Å². The highest BCUT2D eigenvalue weighted by Crippen LogP contribution is 2.30. The second-order valence-electron chi connectivity index (χ2n) is 6.52. The van der Waals surface area contributed by atoms with Gasteiger partial charge in [-0.1, -0.05) is 0 Å². The van der Waals surface area contributed by atoms with Gasteiger partial charge in [-0.05, 0) is 63.8 Å². The number of methoxy groups -OCH3 is 1. The van der Waals surface area contributed by atoms with Gasteiger partial charge >= 0.3 is 0 Å². The average molecular weight is 308 g/mol. The van der Waals surface area contributed by atoms with E-state index in [1.54, 1.807) is 19.2 Å². The van der Waals surface area contributed by atoms with Crippen LogP contribution in [0.1, 0.15) is 44.7 Å². The number of halogens is 1. The molecule has 1 heterocycles. The fraction of sp³-hybridized carbons (Fsp3) is 0.667. The van der Waals surface area contributed by atoms with E-state index in [1.807, 2.05) is 0 Å². The van der Waals surface area contributed by atoms with Gasteiger partial charge < -0.3 is 15.0 Å². The molecule has 22 heavy (non-hydrogen) atoms. The maximum atomic E-state index is 14.1. The van der Waals surface area contributed by atoms with Crippen LogP contribution in [-0.2, 0) is 11.3 Å². The number of hydrogen-bond donors (Lipinski definition) is 1. The van der Waals surface area contributed by atoms with E-state index in [-0.39, 0.29) is 5.82 Å². The van der Waals surface area contributed by atoms with Crippen LogP contribution in [0.15, 0.2) is 12.1 Å². The van der Waals surface area contributed by atoms with Crippen molar-refractivity contribution >= 4 is 5.69 Å². The Hall–Kier alpha value is -1.13. The average Bonchev–Trinajstić information content (AvgIpc) is 2.43. The summed E-state index contributed by atoms with van der Waals surface area (Å²) < 4.78 is 19.3. The highest BCUT2D eigenvalue weighted by molar-refractivity contribution is 5.57. The van der Waals surface area contributed by atoms with Gasteiger partial charge in [-0.25, -0.2) is 4.39 Å². The second-order valence-corrected chi connectivity index (χ2v) is 6.52. The minimum absolute atomic E-state index is 0.180. The van der Waals surface area contributed by atoms with Crippen LogP contribution in [0.2, 0.25) is 0 Å². The normalized spacial score (nSPS) is 25.3. The van der Waals surface area contributed by atoms with Crippen LogP contribution in [0.25, 0.3) is 0 Å². The van der Waals surface area contributed by atoms with Crippen LogP contribution in [0, 0.1) is 12.7 Å². The molecule has 0 saturated carbocycles. The Morgan fingerprint density at radius 2 is 1.91 bits per heavy atom. The molecule has 0 aromatic heterocycles. The number of nitrogens with one attached hydrogen (secondary N) is 1. The van der Waals surface area contributed by atoms with Crippen LogP contribution in [0.4, 0.5) is 10.1 Å². The quantitative estimate of drug-likeness (QED) is 0.899. The molecule has 0 amide bonds. The molecule has 0 bridgehead atoms. The van der Waals surface area contributed by atoms with Gasteiger partial charge in [0.1, 0.15) is 5.82 Å². The Labute approximate surface area is 133 Å². The Bertz CT molecular complexity index is 496. The van der Waals surface area contributed by atoms with Gasteiger partial charge in [-0.15, -0.1) is 0 Å². The predicted octanol–water partition coefficient (Wildman–Crippen LogP) is 3.64. The van der Waals surface area contributed by atoms with Gasteiger partial charge in [-0.2, -0.15) is 0 Å². The summed E-state index contributed by atoms with van der Waals surface area (Å²) in [5, 5.41) is 3.58. The molecule has 2 rings (SSSR count). The van der Waals surface area contributed by atoms with Crippen molar-refractivity contribution in [1.29, 1.82) is 0 Å². The summed E-state index contributed by atoms with van der Waals surface area (Å²) in [6.45, 7) is 10.0. The zero-order chi connectivity index (χ0) is 16.3. The fourth-order valence-corrected chi connectivity index (χ4v) is 3.74. The van der Waals surface area contributed by atoms with E-state index >= 15 is 0 Å². The first kappa shape index (κ1) is 17.2. The van der Waals surface area contributed by atoms with Crippen molar-refractivity contribution in [1.82, 2.24) is 5.32 Å². The number of rotatable bonds is 5. The molecular formula is C18H29FN2O. The molecular weight excluding hydrogens is 279 g/mol. The highest BCUT2D eigenvalue weighted by Gasteiger charge is 2.28. The number of benzene rings is 1. The maximum Gasteiger partial charge on any atom is 0.125 e. The van der Waals surface area contributed by atoms with E-state index in [9.17, 15) is 4.39 Å². The first-order chi connectivity index (χ1) is 10.5. The number of piperidine rings is 1. The first-order valence-corrected chi connectivity index (χ1v) is 8.26.